The lowest BCUT2D eigenvalue weighted by atomic mass is 9.47. The zero-order chi connectivity index (χ0) is 14.5. The molecule has 0 saturated heterocycles. The van der Waals surface area contributed by atoms with E-state index in [1.165, 1.54) is 43.4 Å². The molecule has 4 bridgehead atoms. The molecule has 0 heterocycles. The zero-order valence-corrected chi connectivity index (χ0v) is 12.8. The van der Waals surface area contributed by atoms with E-state index in [-0.39, 0.29) is 11.3 Å². The summed E-state index contributed by atoms with van der Waals surface area (Å²) in [6.45, 7) is 2.05. The molecule has 4 aliphatic rings. The topological polar surface area (TPSA) is 44.1 Å². The van der Waals surface area contributed by atoms with Gasteiger partial charge in [-0.05, 0) is 74.2 Å². The molecule has 4 fully saturated rings. The fourth-order valence-corrected chi connectivity index (χ4v) is 5.35. The van der Waals surface area contributed by atoms with E-state index < -0.39 is 0 Å². The zero-order valence-electron chi connectivity index (χ0n) is 12.8. The first kappa shape index (κ1) is 13.7. The van der Waals surface area contributed by atoms with Crippen molar-refractivity contribution in [2.75, 3.05) is 14.1 Å². The van der Waals surface area contributed by atoms with Gasteiger partial charge in [-0.25, -0.2) is 0 Å². The first-order valence-corrected chi connectivity index (χ1v) is 7.78. The quantitative estimate of drug-likeness (QED) is 0.572. The van der Waals surface area contributed by atoms with Gasteiger partial charge in [-0.3, -0.25) is 4.79 Å². The van der Waals surface area contributed by atoms with Crippen molar-refractivity contribution in [3.05, 3.63) is 11.1 Å². The molecular weight excluding hydrogens is 248 g/mol. The lowest BCUT2D eigenvalue weighted by Gasteiger charge is -2.57. The van der Waals surface area contributed by atoms with Gasteiger partial charge < -0.3 is 4.90 Å². The number of allylic oxidation sites excluding steroid dienone is 1. The minimum atomic E-state index is -0.124. The first-order chi connectivity index (χ1) is 9.45. The minimum absolute atomic E-state index is 0.124. The van der Waals surface area contributed by atoms with Crippen LogP contribution >= 0.6 is 0 Å². The molecule has 3 nitrogen and oxygen atoms in total. The van der Waals surface area contributed by atoms with Crippen LogP contribution in [0.25, 0.3) is 0 Å². The van der Waals surface area contributed by atoms with Crippen LogP contribution in [0.3, 0.4) is 0 Å². The summed E-state index contributed by atoms with van der Waals surface area (Å²) < 4.78 is 0. The van der Waals surface area contributed by atoms with Gasteiger partial charge in [0.2, 0.25) is 0 Å². The Hall–Kier alpha value is -1.30. The molecule has 0 aliphatic heterocycles. The molecular formula is C17H24N2O. The third-order valence-corrected chi connectivity index (χ3v) is 5.94. The van der Waals surface area contributed by atoms with Crippen molar-refractivity contribution in [2.45, 2.75) is 45.4 Å². The van der Waals surface area contributed by atoms with Crippen LogP contribution in [0.2, 0.25) is 0 Å². The fraction of sp³-hybridized carbons (Fsp3) is 0.765. The second-order valence-corrected chi connectivity index (χ2v) is 7.51. The van der Waals surface area contributed by atoms with Gasteiger partial charge in [-0.1, -0.05) is 0 Å². The summed E-state index contributed by atoms with van der Waals surface area (Å²) in [6.07, 6.45) is 7.77. The van der Waals surface area contributed by atoms with E-state index in [9.17, 15) is 10.1 Å². The largest absolute Gasteiger partial charge is 0.344 e. The van der Waals surface area contributed by atoms with Gasteiger partial charge in [-0.2, -0.15) is 5.26 Å². The number of rotatable bonds is 2. The molecule has 1 amide bonds. The average Bonchev–Trinajstić information content (AvgIpc) is 2.37. The lowest BCUT2D eigenvalue weighted by Crippen LogP contribution is -2.47. The molecule has 4 saturated carbocycles. The maximum Gasteiger partial charge on any atom is 0.263 e. The summed E-state index contributed by atoms with van der Waals surface area (Å²) >= 11 is 0. The van der Waals surface area contributed by atoms with E-state index in [1.54, 1.807) is 14.1 Å². The molecule has 0 N–H and O–H groups in total. The van der Waals surface area contributed by atoms with Crippen LogP contribution < -0.4 is 0 Å². The molecule has 0 atom stereocenters. The monoisotopic (exact) mass is 272 g/mol. The van der Waals surface area contributed by atoms with Crippen LogP contribution in [0.4, 0.5) is 0 Å². The van der Waals surface area contributed by atoms with Gasteiger partial charge in [0.25, 0.3) is 5.91 Å². The van der Waals surface area contributed by atoms with E-state index in [1.807, 2.05) is 6.92 Å². The predicted molar refractivity (Wildman–Crippen MR) is 77.6 cm³/mol. The van der Waals surface area contributed by atoms with Crippen molar-refractivity contribution in [1.82, 2.24) is 4.90 Å². The van der Waals surface area contributed by atoms with E-state index in [2.05, 4.69) is 6.07 Å². The fourth-order valence-electron chi connectivity index (χ4n) is 5.35. The molecule has 20 heavy (non-hydrogen) atoms. The third-order valence-electron chi connectivity index (χ3n) is 5.94. The summed E-state index contributed by atoms with van der Waals surface area (Å²) in [7, 11) is 3.46. The lowest BCUT2D eigenvalue weighted by molar-refractivity contribution is -0.124. The highest BCUT2D eigenvalue weighted by atomic mass is 16.2. The van der Waals surface area contributed by atoms with Crippen molar-refractivity contribution >= 4 is 5.91 Å². The number of hydrogen-bond donors (Lipinski definition) is 0. The van der Waals surface area contributed by atoms with Gasteiger partial charge in [-0.15, -0.1) is 0 Å². The SMILES string of the molecule is C/C(=C(/C#N)C(=O)N(C)C)C12CC3CC(CC(C3)C1)C2. The Morgan fingerprint density at radius 2 is 1.55 bits per heavy atom. The molecule has 4 aliphatic carbocycles. The van der Waals surface area contributed by atoms with E-state index >= 15 is 0 Å². The number of likely N-dealkylation sites (N-methyl/N-ethyl adjacent to an activating group) is 1. The number of carbonyl (C=O) groups is 1. The van der Waals surface area contributed by atoms with Crippen LogP contribution in [0, 0.1) is 34.5 Å². The molecule has 108 valence electrons. The normalized spacial score (nSPS) is 39.2. The van der Waals surface area contributed by atoms with Gasteiger partial charge in [0, 0.05) is 14.1 Å². The Morgan fingerprint density at radius 1 is 1.10 bits per heavy atom. The molecule has 0 radical (unpaired) electrons. The van der Waals surface area contributed by atoms with E-state index in [0.717, 1.165) is 23.3 Å². The third kappa shape index (κ3) is 1.97. The van der Waals surface area contributed by atoms with Gasteiger partial charge in [0.05, 0.1) is 0 Å². The minimum Gasteiger partial charge on any atom is -0.344 e. The average molecular weight is 272 g/mol. The van der Waals surface area contributed by atoms with Crippen LogP contribution in [0.15, 0.2) is 11.1 Å². The molecule has 4 rings (SSSR count). The van der Waals surface area contributed by atoms with Gasteiger partial charge >= 0.3 is 0 Å². The molecule has 3 heteroatoms. The second-order valence-electron chi connectivity index (χ2n) is 7.51. The second kappa shape index (κ2) is 4.62. The molecule has 0 aromatic rings. The van der Waals surface area contributed by atoms with Crippen molar-refractivity contribution in [1.29, 1.82) is 5.26 Å². The predicted octanol–water partition coefficient (Wildman–Crippen LogP) is 3.13. The number of nitrogens with zero attached hydrogens (tertiary/aromatic N) is 2. The smallest absolute Gasteiger partial charge is 0.263 e. The van der Waals surface area contributed by atoms with Crippen LogP contribution in [0.5, 0.6) is 0 Å². The van der Waals surface area contributed by atoms with Crippen molar-refractivity contribution in [3.63, 3.8) is 0 Å². The van der Waals surface area contributed by atoms with Crippen LogP contribution in [0.1, 0.15) is 45.4 Å². The van der Waals surface area contributed by atoms with Crippen molar-refractivity contribution < 1.29 is 4.79 Å². The highest BCUT2D eigenvalue weighted by Gasteiger charge is 2.52. The highest BCUT2D eigenvalue weighted by molar-refractivity contribution is 5.97. The number of hydrogen-bond acceptors (Lipinski definition) is 2. The summed E-state index contributed by atoms with van der Waals surface area (Å²) in [5, 5.41) is 9.46. The molecule has 0 aromatic carbocycles. The maximum absolute atomic E-state index is 12.3. The van der Waals surface area contributed by atoms with Crippen LogP contribution in [-0.4, -0.2) is 24.9 Å². The Labute approximate surface area is 121 Å². The summed E-state index contributed by atoms with van der Waals surface area (Å²) in [4.78, 5) is 13.8. The van der Waals surface area contributed by atoms with Gasteiger partial charge in [0.15, 0.2) is 0 Å². The van der Waals surface area contributed by atoms with E-state index in [4.69, 9.17) is 0 Å². The van der Waals surface area contributed by atoms with Gasteiger partial charge in [0.1, 0.15) is 11.6 Å². The Morgan fingerprint density at radius 3 is 1.90 bits per heavy atom. The number of carbonyl (C=O) groups excluding carboxylic acids is 1. The molecule has 0 unspecified atom stereocenters. The van der Waals surface area contributed by atoms with E-state index in [0.29, 0.717) is 5.57 Å². The maximum atomic E-state index is 12.3. The highest BCUT2D eigenvalue weighted by Crippen LogP contribution is 2.62. The molecule has 0 aromatic heterocycles. The van der Waals surface area contributed by atoms with Crippen molar-refractivity contribution in [3.8, 4) is 6.07 Å². The summed E-state index contributed by atoms with van der Waals surface area (Å²) in [6, 6.07) is 2.20. The summed E-state index contributed by atoms with van der Waals surface area (Å²) in [5.41, 5.74) is 1.64. The first-order valence-electron chi connectivity index (χ1n) is 7.78. The Bertz CT molecular complexity index is 474. The number of nitriles is 1. The van der Waals surface area contributed by atoms with Crippen LogP contribution in [-0.2, 0) is 4.79 Å². The Kier molecular flexibility index (Phi) is 3.16. The standard InChI is InChI=1S/C17H24N2O/c1-11(15(10-18)16(20)19(2)3)17-7-12-4-13(8-17)6-14(5-12)9-17/h12-14H,4-9H2,1-3H3/b15-11+. The Balaban J connectivity index is 1.99. The summed E-state index contributed by atoms with van der Waals surface area (Å²) in [5.74, 6) is 2.39. The molecule has 0 spiro atoms. The number of amides is 1. The van der Waals surface area contributed by atoms with Crippen molar-refractivity contribution in [2.24, 2.45) is 23.2 Å².